The van der Waals surface area contributed by atoms with Crippen molar-refractivity contribution < 1.29 is 17.9 Å². The van der Waals surface area contributed by atoms with E-state index in [1.54, 1.807) is 18.2 Å². The summed E-state index contributed by atoms with van der Waals surface area (Å²) in [6.45, 7) is 11.1. The lowest BCUT2D eigenvalue weighted by Gasteiger charge is -2.27. The predicted molar refractivity (Wildman–Crippen MR) is 163 cm³/mol. The predicted octanol–water partition coefficient (Wildman–Crippen LogP) is 5.39. The molecule has 0 aliphatic carbocycles. The quantitative estimate of drug-likeness (QED) is 0.197. The fraction of sp³-hybridized carbons (Fsp3) is 0.379. The van der Waals surface area contributed by atoms with Crippen LogP contribution in [-0.4, -0.2) is 70.4 Å². The Morgan fingerprint density at radius 2 is 1.80 bits per heavy atom. The van der Waals surface area contributed by atoms with Gasteiger partial charge in [0.25, 0.3) is 0 Å². The molecule has 212 valence electrons. The molecule has 3 heterocycles. The number of ether oxygens (including phenoxy) is 2. The minimum absolute atomic E-state index is 0.273. The summed E-state index contributed by atoms with van der Waals surface area (Å²) in [5.74, 6) is 0.904. The van der Waals surface area contributed by atoms with Crippen LogP contribution in [0.1, 0.15) is 0 Å². The lowest BCUT2D eigenvalue weighted by molar-refractivity contribution is 0.0818. The summed E-state index contributed by atoms with van der Waals surface area (Å²) < 4.78 is 37.6. The first-order valence-corrected chi connectivity index (χ1v) is 19.1. The summed E-state index contributed by atoms with van der Waals surface area (Å²) >= 11 is 0. The van der Waals surface area contributed by atoms with Crippen molar-refractivity contribution in [3.8, 4) is 11.3 Å². The number of aromatic nitrogens is 3. The van der Waals surface area contributed by atoms with Crippen LogP contribution in [0.15, 0.2) is 65.7 Å². The third kappa shape index (κ3) is 6.90. The first kappa shape index (κ1) is 28.3. The van der Waals surface area contributed by atoms with Gasteiger partial charge in [-0.05, 0) is 54.6 Å². The number of benzene rings is 2. The lowest BCUT2D eigenvalue weighted by atomic mass is 10.1. The molecule has 1 saturated heterocycles. The smallest absolute Gasteiger partial charge is 0.175 e. The molecule has 4 aromatic rings. The zero-order valence-corrected chi connectivity index (χ0v) is 25.4. The van der Waals surface area contributed by atoms with Crippen molar-refractivity contribution in [2.45, 2.75) is 37.3 Å². The van der Waals surface area contributed by atoms with Gasteiger partial charge in [0.15, 0.2) is 9.84 Å². The van der Waals surface area contributed by atoms with Crippen molar-refractivity contribution in [1.82, 2.24) is 14.8 Å². The SMILES string of the molecule is C[Si](C)(C)CCOCn1nc(-c2ccnc(N3CCOCC3)c2)c2cc(Nc3cccc(S(C)(=O)=O)c3)ccc21. The molecule has 1 aliphatic rings. The number of hydrogen-bond acceptors (Lipinski definition) is 8. The average molecular weight is 580 g/mol. The maximum atomic E-state index is 12.1. The number of nitrogens with one attached hydrogen (secondary N) is 1. The molecule has 0 bridgehead atoms. The number of pyridine rings is 1. The standard InChI is InChI=1S/C29H37N5O4SSi/c1-39(35,36)25-7-5-6-23(19-25)31-24-8-9-27-26(20-24)29(32-34(27)21-38-16-17-40(2,3)4)22-10-11-30-28(18-22)33-12-14-37-15-13-33/h5-11,18-20,31H,12-17,21H2,1-4H3. The number of hydrogen-bond donors (Lipinski definition) is 1. The van der Waals surface area contributed by atoms with Gasteiger partial charge in [0.2, 0.25) is 0 Å². The van der Waals surface area contributed by atoms with Crippen molar-refractivity contribution in [3.63, 3.8) is 0 Å². The van der Waals surface area contributed by atoms with Crippen LogP contribution in [0, 0.1) is 0 Å². The van der Waals surface area contributed by atoms with Gasteiger partial charge in [0.1, 0.15) is 18.2 Å². The molecule has 2 aromatic carbocycles. The maximum Gasteiger partial charge on any atom is 0.175 e. The number of anilines is 3. The molecule has 5 rings (SSSR count). The normalized spacial score (nSPS) is 14.6. The average Bonchev–Trinajstić information content (AvgIpc) is 3.29. The minimum atomic E-state index is -3.31. The summed E-state index contributed by atoms with van der Waals surface area (Å²) in [6, 6.07) is 18.1. The molecule has 2 aromatic heterocycles. The van der Waals surface area contributed by atoms with Crippen LogP contribution in [0.4, 0.5) is 17.2 Å². The Kier molecular flexibility index (Phi) is 8.27. The minimum Gasteiger partial charge on any atom is -0.378 e. The molecule has 0 spiro atoms. The fourth-order valence-electron chi connectivity index (χ4n) is 4.60. The Hall–Kier alpha value is -3.25. The van der Waals surface area contributed by atoms with E-state index in [2.05, 4.69) is 47.0 Å². The van der Waals surface area contributed by atoms with Crippen molar-refractivity contribution in [1.29, 1.82) is 0 Å². The molecular weight excluding hydrogens is 543 g/mol. The van der Waals surface area contributed by atoms with E-state index >= 15 is 0 Å². The van der Waals surface area contributed by atoms with Gasteiger partial charge in [-0.1, -0.05) is 25.7 Å². The second-order valence-corrected chi connectivity index (χ2v) is 19.0. The maximum absolute atomic E-state index is 12.1. The van der Waals surface area contributed by atoms with E-state index in [0.29, 0.717) is 32.2 Å². The number of morpholine rings is 1. The second kappa shape index (κ2) is 11.7. The van der Waals surface area contributed by atoms with E-state index in [0.717, 1.165) is 52.8 Å². The molecule has 1 fully saturated rings. The number of fused-ring (bicyclic) bond motifs is 1. The van der Waals surface area contributed by atoms with E-state index in [1.165, 1.54) is 6.26 Å². The molecule has 0 unspecified atom stereocenters. The molecular formula is C29H37N5O4SSi. The second-order valence-electron chi connectivity index (χ2n) is 11.4. The van der Waals surface area contributed by atoms with Gasteiger partial charge in [-0.25, -0.2) is 18.1 Å². The van der Waals surface area contributed by atoms with E-state index in [1.807, 2.05) is 35.1 Å². The first-order valence-electron chi connectivity index (χ1n) is 13.5. The van der Waals surface area contributed by atoms with Gasteiger partial charge >= 0.3 is 0 Å². The van der Waals surface area contributed by atoms with Crippen LogP contribution in [0.25, 0.3) is 22.2 Å². The molecule has 1 N–H and O–H groups in total. The van der Waals surface area contributed by atoms with E-state index in [9.17, 15) is 8.42 Å². The van der Waals surface area contributed by atoms with Gasteiger partial charge in [-0.3, -0.25) is 0 Å². The summed E-state index contributed by atoms with van der Waals surface area (Å²) in [6.07, 6.45) is 3.04. The Bertz CT molecular complexity index is 1590. The number of sulfone groups is 1. The zero-order chi connectivity index (χ0) is 28.3. The Labute approximate surface area is 237 Å². The summed E-state index contributed by atoms with van der Waals surface area (Å²) in [4.78, 5) is 7.12. The largest absolute Gasteiger partial charge is 0.378 e. The van der Waals surface area contributed by atoms with Crippen molar-refractivity contribution >= 4 is 46.0 Å². The molecule has 11 heteroatoms. The van der Waals surface area contributed by atoms with Gasteiger partial charge in [0, 0.05) is 62.5 Å². The highest BCUT2D eigenvalue weighted by atomic mass is 32.2. The highest BCUT2D eigenvalue weighted by molar-refractivity contribution is 7.90. The van der Waals surface area contributed by atoms with Crippen LogP contribution in [-0.2, 0) is 26.0 Å². The Balaban J connectivity index is 1.50. The topological polar surface area (TPSA) is 98.6 Å². The van der Waals surface area contributed by atoms with Gasteiger partial charge in [0.05, 0.1) is 23.6 Å². The van der Waals surface area contributed by atoms with Gasteiger partial charge < -0.3 is 19.7 Å². The van der Waals surface area contributed by atoms with Crippen LogP contribution in [0.5, 0.6) is 0 Å². The van der Waals surface area contributed by atoms with Gasteiger partial charge in [-0.2, -0.15) is 5.10 Å². The molecule has 0 saturated carbocycles. The molecule has 40 heavy (non-hydrogen) atoms. The lowest BCUT2D eigenvalue weighted by Crippen LogP contribution is -2.36. The van der Waals surface area contributed by atoms with Crippen LogP contribution in [0.3, 0.4) is 0 Å². The third-order valence-electron chi connectivity index (χ3n) is 6.87. The molecule has 0 radical (unpaired) electrons. The summed E-state index contributed by atoms with van der Waals surface area (Å²) in [5.41, 5.74) is 4.31. The highest BCUT2D eigenvalue weighted by Gasteiger charge is 2.18. The molecule has 0 atom stereocenters. The van der Waals surface area contributed by atoms with Crippen molar-refractivity contribution in [3.05, 3.63) is 60.8 Å². The summed E-state index contributed by atoms with van der Waals surface area (Å²) in [5, 5.41) is 9.33. The van der Waals surface area contributed by atoms with Crippen LogP contribution in [0.2, 0.25) is 25.7 Å². The highest BCUT2D eigenvalue weighted by Crippen LogP contribution is 2.33. The van der Waals surface area contributed by atoms with E-state index in [-0.39, 0.29) is 4.90 Å². The van der Waals surface area contributed by atoms with Crippen LogP contribution >= 0.6 is 0 Å². The molecule has 1 aliphatic heterocycles. The third-order valence-corrected chi connectivity index (χ3v) is 9.68. The monoisotopic (exact) mass is 579 g/mol. The van der Waals surface area contributed by atoms with E-state index in [4.69, 9.17) is 14.6 Å². The molecule has 9 nitrogen and oxygen atoms in total. The van der Waals surface area contributed by atoms with Crippen molar-refractivity contribution in [2.24, 2.45) is 0 Å². The summed E-state index contributed by atoms with van der Waals surface area (Å²) in [7, 11) is -4.51. The number of rotatable bonds is 10. The van der Waals surface area contributed by atoms with Crippen molar-refractivity contribution in [2.75, 3.05) is 49.4 Å². The number of nitrogens with zero attached hydrogens (tertiary/aromatic N) is 4. The zero-order valence-electron chi connectivity index (χ0n) is 23.6. The fourth-order valence-corrected chi connectivity index (χ4v) is 6.02. The van der Waals surface area contributed by atoms with Crippen LogP contribution < -0.4 is 10.2 Å². The Morgan fingerprint density at radius 3 is 2.55 bits per heavy atom. The van der Waals surface area contributed by atoms with E-state index < -0.39 is 17.9 Å². The Morgan fingerprint density at radius 1 is 1.02 bits per heavy atom. The first-order chi connectivity index (χ1) is 19.1. The van der Waals surface area contributed by atoms with Gasteiger partial charge in [-0.15, -0.1) is 0 Å². The molecule has 0 amide bonds.